The zero-order valence-electron chi connectivity index (χ0n) is 15.4. The van der Waals surface area contributed by atoms with Gasteiger partial charge in [-0.1, -0.05) is 11.6 Å². The summed E-state index contributed by atoms with van der Waals surface area (Å²) in [6.07, 6.45) is 4.05. The van der Waals surface area contributed by atoms with Crippen LogP contribution in [0.4, 0.5) is 13.2 Å². The Morgan fingerprint density at radius 1 is 1.17 bits per heavy atom. The number of thiophene rings is 1. The van der Waals surface area contributed by atoms with Gasteiger partial charge in [-0.05, 0) is 6.07 Å². The first kappa shape index (κ1) is 20.4. The molecule has 4 heterocycles. The largest absolute Gasteiger partial charge is 0.405 e. The maximum Gasteiger partial charge on any atom is 0.405 e. The van der Waals surface area contributed by atoms with Gasteiger partial charge in [0.25, 0.3) is 0 Å². The van der Waals surface area contributed by atoms with E-state index in [1.165, 1.54) is 0 Å². The number of nitrogens with zero attached hydrogens (tertiary/aromatic N) is 5. The van der Waals surface area contributed by atoms with Gasteiger partial charge < -0.3 is 5.32 Å². The molecule has 0 aliphatic rings. The van der Waals surface area contributed by atoms with Crippen molar-refractivity contribution in [3.63, 3.8) is 0 Å². The average Bonchev–Trinajstić information content (AvgIpc) is 3.37. The Bertz CT molecular complexity index is 1230. The van der Waals surface area contributed by atoms with Crippen LogP contribution in [0.2, 0.25) is 4.34 Å². The van der Waals surface area contributed by atoms with Crippen LogP contribution in [-0.4, -0.2) is 43.0 Å². The van der Waals surface area contributed by atoms with Gasteiger partial charge in [0.2, 0.25) is 5.91 Å². The fraction of sp³-hybridized carbons (Fsp3) is 0.222. The van der Waals surface area contributed by atoms with Crippen LogP contribution < -0.4 is 5.32 Å². The highest BCUT2D eigenvalue weighted by molar-refractivity contribution is 7.17. The van der Waals surface area contributed by atoms with E-state index in [4.69, 9.17) is 11.6 Å². The van der Waals surface area contributed by atoms with E-state index in [0.717, 1.165) is 22.5 Å². The van der Waals surface area contributed by atoms with Crippen molar-refractivity contribution in [3.05, 3.63) is 46.3 Å². The van der Waals surface area contributed by atoms with Crippen molar-refractivity contribution < 1.29 is 18.0 Å². The van der Waals surface area contributed by atoms with Gasteiger partial charge in [0, 0.05) is 52.8 Å². The molecule has 0 aromatic carbocycles. The fourth-order valence-electron chi connectivity index (χ4n) is 2.89. The molecule has 4 aromatic rings. The Hall–Kier alpha value is -2.92. The van der Waals surface area contributed by atoms with E-state index in [9.17, 15) is 18.0 Å². The molecule has 12 heteroatoms. The molecule has 0 spiro atoms. The number of aryl methyl sites for hydroxylation is 1. The summed E-state index contributed by atoms with van der Waals surface area (Å²) >= 11 is 7.46. The summed E-state index contributed by atoms with van der Waals surface area (Å²) in [7, 11) is 1.82. The van der Waals surface area contributed by atoms with Gasteiger partial charge in [-0.3, -0.25) is 9.48 Å². The molecule has 1 amide bonds. The van der Waals surface area contributed by atoms with E-state index < -0.39 is 18.6 Å². The van der Waals surface area contributed by atoms with Gasteiger partial charge in [-0.25, -0.2) is 9.50 Å². The van der Waals surface area contributed by atoms with Crippen LogP contribution in [0.1, 0.15) is 4.88 Å². The van der Waals surface area contributed by atoms with Gasteiger partial charge >= 0.3 is 6.18 Å². The van der Waals surface area contributed by atoms with Crippen LogP contribution in [0.15, 0.2) is 37.1 Å². The molecule has 0 bridgehead atoms. The van der Waals surface area contributed by atoms with Gasteiger partial charge in [0.05, 0.1) is 18.8 Å². The van der Waals surface area contributed by atoms with Crippen LogP contribution in [-0.2, 0) is 18.3 Å². The Balaban J connectivity index is 1.57. The van der Waals surface area contributed by atoms with E-state index in [0.29, 0.717) is 26.0 Å². The lowest BCUT2D eigenvalue weighted by Crippen LogP contribution is -2.34. The highest BCUT2D eigenvalue weighted by Gasteiger charge is 2.28. The molecule has 0 fully saturated rings. The normalized spacial score (nSPS) is 11.9. The number of hydrogen-bond donors (Lipinski definition) is 1. The first-order valence-electron chi connectivity index (χ1n) is 8.64. The number of amides is 1. The summed E-state index contributed by atoms with van der Waals surface area (Å²) in [5.41, 5.74) is 3.58. The highest BCUT2D eigenvalue weighted by atomic mass is 35.5. The number of hydrogen-bond acceptors (Lipinski definition) is 5. The molecule has 0 saturated heterocycles. The van der Waals surface area contributed by atoms with E-state index in [1.807, 2.05) is 24.8 Å². The van der Waals surface area contributed by atoms with Crippen molar-refractivity contribution in [2.75, 3.05) is 6.54 Å². The molecule has 0 unspecified atom stereocenters. The van der Waals surface area contributed by atoms with Crippen molar-refractivity contribution in [2.24, 2.45) is 7.05 Å². The summed E-state index contributed by atoms with van der Waals surface area (Å²) in [6, 6.07) is 1.67. The number of halogens is 4. The van der Waals surface area contributed by atoms with Crippen molar-refractivity contribution in [1.29, 1.82) is 0 Å². The predicted octanol–water partition coefficient (Wildman–Crippen LogP) is 3.73. The smallest absolute Gasteiger partial charge is 0.347 e. The van der Waals surface area contributed by atoms with Crippen molar-refractivity contribution in [2.45, 2.75) is 12.6 Å². The Morgan fingerprint density at radius 2 is 1.93 bits per heavy atom. The first-order valence-corrected chi connectivity index (χ1v) is 9.83. The minimum Gasteiger partial charge on any atom is -0.347 e. The molecule has 30 heavy (non-hydrogen) atoms. The minimum absolute atomic E-state index is 0.196. The third-order valence-corrected chi connectivity index (χ3v) is 5.60. The summed E-state index contributed by atoms with van der Waals surface area (Å²) in [5, 5.41) is 10.3. The Morgan fingerprint density at radius 3 is 2.63 bits per heavy atom. The predicted molar refractivity (Wildman–Crippen MR) is 106 cm³/mol. The number of nitrogens with one attached hydrogen (secondary N) is 1. The molecule has 0 aliphatic heterocycles. The fourth-order valence-corrected chi connectivity index (χ4v) is 4.23. The second kappa shape index (κ2) is 7.73. The lowest BCUT2D eigenvalue weighted by Gasteiger charge is -2.07. The monoisotopic (exact) mass is 454 g/mol. The molecule has 0 atom stereocenters. The Labute approximate surface area is 177 Å². The number of fused-ring (bicyclic) bond motifs is 1. The zero-order valence-corrected chi connectivity index (χ0v) is 17.0. The number of rotatable bonds is 5. The second-order valence-electron chi connectivity index (χ2n) is 6.54. The Kier molecular flexibility index (Phi) is 5.24. The summed E-state index contributed by atoms with van der Waals surface area (Å²) in [4.78, 5) is 16.8. The van der Waals surface area contributed by atoms with Gasteiger partial charge in [-0.15, -0.1) is 11.3 Å². The zero-order chi connectivity index (χ0) is 21.5. The highest BCUT2D eigenvalue weighted by Crippen LogP contribution is 2.37. The molecule has 1 N–H and O–H groups in total. The maximum absolute atomic E-state index is 12.2. The van der Waals surface area contributed by atoms with Gasteiger partial charge in [0.15, 0.2) is 5.65 Å². The molecular formula is C18H14ClF3N6OS. The molecule has 4 aromatic heterocycles. The molecular weight excluding hydrogens is 441 g/mol. The average molecular weight is 455 g/mol. The number of aromatic nitrogens is 5. The lowest BCUT2D eigenvalue weighted by molar-refractivity contribution is -0.138. The van der Waals surface area contributed by atoms with Crippen LogP contribution in [0.25, 0.3) is 27.9 Å². The van der Waals surface area contributed by atoms with Crippen molar-refractivity contribution in [3.8, 4) is 22.3 Å². The number of alkyl halides is 3. The third kappa shape index (κ3) is 4.31. The molecule has 0 aliphatic carbocycles. The van der Waals surface area contributed by atoms with Gasteiger partial charge in [0.1, 0.15) is 10.9 Å². The SMILES string of the molecule is Cn1cc(-c2cnc3c(-c4cc(CC(=O)NCC(F)(F)F)sc4Cl)cnn3c2)cn1. The second-order valence-corrected chi connectivity index (χ2v) is 8.28. The van der Waals surface area contributed by atoms with Crippen molar-refractivity contribution >= 4 is 34.5 Å². The first-order chi connectivity index (χ1) is 14.2. The van der Waals surface area contributed by atoms with Crippen molar-refractivity contribution in [1.82, 2.24) is 29.7 Å². The van der Waals surface area contributed by atoms with E-state index in [-0.39, 0.29) is 6.42 Å². The standard InChI is InChI=1S/C18H14ClF3N6OS/c1-27-7-11(5-25-27)10-4-23-17-14(6-26-28(17)8-10)13-2-12(30-16(13)19)3-15(29)24-9-18(20,21)22/h2,4-8H,3,9H2,1H3,(H,24,29). The number of carbonyl (C=O) groups is 1. The van der Waals surface area contributed by atoms with E-state index in [1.54, 1.807) is 33.9 Å². The summed E-state index contributed by atoms with van der Waals surface area (Å²) in [5.74, 6) is -0.726. The molecule has 4 rings (SSSR count). The molecule has 0 radical (unpaired) electrons. The van der Waals surface area contributed by atoms with Crippen LogP contribution in [0, 0.1) is 0 Å². The molecule has 0 saturated carbocycles. The van der Waals surface area contributed by atoms with E-state index in [2.05, 4.69) is 15.2 Å². The summed E-state index contributed by atoms with van der Waals surface area (Å²) < 4.78 is 40.4. The van der Waals surface area contributed by atoms with Crippen LogP contribution >= 0.6 is 22.9 Å². The topological polar surface area (TPSA) is 77.1 Å². The van der Waals surface area contributed by atoms with Gasteiger partial charge in [-0.2, -0.15) is 23.4 Å². The van der Waals surface area contributed by atoms with E-state index >= 15 is 0 Å². The molecule has 156 valence electrons. The quantitative estimate of drug-likeness (QED) is 0.498. The minimum atomic E-state index is -4.45. The molecule has 7 nitrogen and oxygen atoms in total. The third-order valence-electron chi connectivity index (χ3n) is 4.24. The number of carbonyl (C=O) groups excluding carboxylic acids is 1. The summed E-state index contributed by atoms with van der Waals surface area (Å²) in [6.45, 7) is -1.37. The van der Waals surface area contributed by atoms with Crippen LogP contribution in [0.5, 0.6) is 0 Å². The lowest BCUT2D eigenvalue weighted by atomic mass is 10.1. The van der Waals surface area contributed by atoms with Crippen LogP contribution in [0.3, 0.4) is 0 Å². The maximum atomic E-state index is 12.2.